The highest BCUT2D eigenvalue weighted by Crippen LogP contribution is 2.41. The lowest BCUT2D eigenvalue weighted by Crippen LogP contribution is -2.56. The van der Waals surface area contributed by atoms with Crippen molar-refractivity contribution in [2.75, 3.05) is 13.1 Å². The molecule has 4 rings (SSSR count). The summed E-state index contributed by atoms with van der Waals surface area (Å²) in [6.07, 6.45) is 6.70. The molecule has 5 nitrogen and oxygen atoms in total. The van der Waals surface area contributed by atoms with Crippen molar-refractivity contribution in [1.29, 1.82) is 0 Å². The van der Waals surface area contributed by atoms with Crippen molar-refractivity contribution >= 4 is 5.91 Å². The minimum atomic E-state index is -0.126. The standard InChI is InChI=1S/C19H24N4O/c1-22-11-15(10-20-22)12-23-13-17(16-6-3-2-4-7-16)19(14-23)9-5-8-18(24)21-19/h2-4,6-7,10-11,17H,5,8-9,12-14H2,1H3,(H,21,24)/t17-,19+/m0/s1. The van der Waals surface area contributed by atoms with Crippen LogP contribution in [0.3, 0.4) is 0 Å². The van der Waals surface area contributed by atoms with Crippen LogP contribution in [0.15, 0.2) is 42.7 Å². The summed E-state index contributed by atoms with van der Waals surface area (Å²) >= 11 is 0. The maximum absolute atomic E-state index is 12.1. The van der Waals surface area contributed by atoms with Gasteiger partial charge in [-0.2, -0.15) is 5.10 Å². The summed E-state index contributed by atoms with van der Waals surface area (Å²) in [6, 6.07) is 10.6. The average molecular weight is 324 g/mol. The van der Waals surface area contributed by atoms with Gasteiger partial charge in [-0.15, -0.1) is 0 Å². The summed E-state index contributed by atoms with van der Waals surface area (Å²) in [5.41, 5.74) is 2.43. The largest absolute Gasteiger partial charge is 0.349 e. The van der Waals surface area contributed by atoms with Crippen LogP contribution < -0.4 is 5.32 Å². The molecule has 2 aromatic rings. The van der Waals surface area contributed by atoms with E-state index in [1.165, 1.54) is 11.1 Å². The Balaban J connectivity index is 1.61. The first-order valence-corrected chi connectivity index (χ1v) is 8.70. The SMILES string of the molecule is Cn1cc(CN2C[C@@H](c3ccccc3)[C@@]3(CCCC(=O)N3)C2)cn1. The third kappa shape index (κ3) is 2.84. The number of carbonyl (C=O) groups excluding carboxylic acids is 1. The second kappa shape index (κ2) is 6.06. The maximum atomic E-state index is 12.1. The molecule has 2 saturated heterocycles. The van der Waals surface area contributed by atoms with Gasteiger partial charge in [0.15, 0.2) is 0 Å². The number of amides is 1. The molecule has 2 aliphatic rings. The molecule has 2 aliphatic heterocycles. The zero-order valence-electron chi connectivity index (χ0n) is 14.1. The third-order valence-corrected chi connectivity index (χ3v) is 5.40. The topological polar surface area (TPSA) is 50.2 Å². The molecule has 3 heterocycles. The molecular weight excluding hydrogens is 300 g/mol. The van der Waals surface area contributed by atoms with Gasteiger partial charge in [-0.05, 0) is 18.4 Å². The minimum absolute atomic E-state index is 0.126. The Hall–Kier alpha value is -2.14. The van der Waals surface area contributed by atoms with Gasteiger partial charge < -0.3 is 5.32 Å². The lowest BCUT2D eigenvalue weighted by atomic mass is 9.76. The molecule has 0 unspecified atom stereocenters. The second-order valence-corrected chi connectivity index (χ2v) is 7.21. The Labute approximate surface area is 142 Å². The summed E-state index contributed by atoms with van der Waals surface area (Å²) in [4.78, 5) is 14.6. The number of carbonyl (C=O) groups is 1. The first-order chi connectivity index (χ1) is 11.6. The fourth-order valence-electron chi connectivity index (χ4n) is 4.40. The van der Waals surface area contributed by atoms with Crippen LogP contribution in [-0.4, -0.2) is 39.2 Å². The second-order valence-electron chi connectivity index (χ2n) is 7.21. The molecule has 1 N–H and O–H groups in total. The summed E-state index contributed by atoms with van der Waals surface area (Å²) < 4.78 is 1.85. The molecule has 126 valence electrons. The molecule has 2 atom stereocenters. The van der Waals surface area contributed by atoms with Gasteiger partial charge in [0.05, 0.1) is 11.7 Å². The van der Waals surface area contributed by atoms with Crippen molar-refractivity contribution in [2.45, 2.75) is 37.3 Å². The monoisotopic (exact) mass is 324 g/mol. The third-order valence-electron chi connectivity index (χ3n) is 5.40. The molecule has 1 aromatic heterocycles. The number of aryl methyl sites for hydroxylation is 1. The predicted molar refractivity (Wildman–Crippen MR) is 92.4 cm³/mol. The molecule has 1 spiro atoms. The smallest absolute Gasteiger partial charge is 0.220 e. The number of hydrogen-bond acceptors (Lipinski definition) is 3. The Kier molecular flexibility index (Phi) is 3.88. The van der Waals surface area contributed by atoms with Crippen LogP contribution in [0.2, 0.25) is 0 Å². The average Bonchev–Trinajstić information content (AvgIpc) is 3.12. The Morgan fingerprint density at radius 2 is 2.17 bits per heavy atom. The molecule has 0 saturated carbocycles. The number of piperidine rings is 1. The Bertz CT molecular complexity index is 726. The van der Waals surface area contributed by atoms with Crippen LogP contribution >= 0.6 is 0 Å². The summed E-state index contributed by atoms with van der Waals surface area (Å²) in [5, 5.41) is 7.63. The van der Waals surface area contributed by atoms with Crippen molar-refractivity contribution in [2.24, 2.45) is 7.05 Å². The molecular formula is C19H24N4O. The van der Waals surface area contributed by atoms with E-state index in [9.17, 15) is 4.79 Å². The van der Waals surface area contributed by atoms with Crippen LogP contribution in [0.4, 0.5) is 0 Å². The molecule has 1 aromatic carbocycles. The number of likely N-dealkylation sites (tertiary alicyclic amines) is 1. The number of nitrogens with zero attached hydrogens (tertiary/aromatic N) is 3. The number of rotatable bonds is 3. The van der Waals surface area contributed by atoms with E-state index in [-0.39, 0.29) is 11.4 Å². The molecule has 5 heteroatoms. The molecule has 0 aliphatic carbocycles. The van der Waals surface area contributed by atoms with E-state index >= 15 is 0 Å². The number of hydrogen-bond donors (Lipinski definition) is 1. The van der Waals surface area contributed by atoms with Crippen molar-refractivity contribution in [3.63, 3.8) is 0 Å². The molecule has 1 amide bonds. The zero-order chi connectivity index (χ0) is 16.6. The first kappa shape index (κ1) is 15.4. The number of benzene rings is 1. The van der Waals surface area contributed by atoms with Gasteiger partial charge in [0.2, 0.25) is 5.91 Å². The van der Waals surface area contributed by atoms with Gasteiger partial charge in [0.1, 0.15) is 0 Å². The fraction of sp³-hybridized carbons (Fsp3) is 0.474. The highest BCUT2D eigenvalue weighted by Gasteiger charge is 2.49. The number of aromatic nitrogens is 2. The highest BCUT2D eigenvalue weighted by molar-refractivity contribution is 5.78. The summed E-state index contributed by atoms with van der Waals surface area (Å²) in [5.74, 6) is 0.546. The predicted octanol–water partition coefficient (Wildman–Crippen LogP) is 2.06. The van der Waals surface area contributed by atoms with E-state index in [4.69, 9.17) is 0 Å². The van der Waals surface area contributed by atoms with Crippen LogP contribution in [0.1, 0.15) is 36.3 Å². The fourth-order valence-corrected chi connectivity index (χ4v) is 4.40. The normalized spacial score (nSPS) is 27.5. The first-order valence-electron chi connectivity index (χ1n) is 8.70. The van der Waals surface area contributed by atoms with Crippen LogP contribution in [0.25, 0.3) is 0 Å². The van der Waals surface area contributed by atoms with Crippen molar-refractivity contribution in [1.82, 2.24) is 20.0 Å². The van der Waals surface area contributed by atoms with E-state index in [0.29, 0.717) is 12.3 Å². The Morgan fingerprint density at radius 3 is 2.88 bits per heavy atom. The van der Waals surface area contributed by atoms with Gasteiger partial charge in [0, 0.05) is 50.8 Å². The minimum Gasteiger partial charge on any atom is -0.349 e. The molecule has 24 heavy (non-hydrogen) atoms. The van der Waals surface area contributed by atoms with Gasteiger partial charge in [0.25, 0.3) is 0 Å². The van der Waals surface area contributed by atoms with Crippen LogP contribution in [-0.2, 0) is 18.4 Å². The summed E-state index contributed by atoms with van der Waals surface area (Å²) in [6.45, 7) is 2.77. The molecule has 2 fully saturated rings. The van der Waals surface area contributed by atoms with Crippen molar-refractivity contribution < 1.29 is 4.79 Å². The lowest BCUT2D eigenvalue weighted by molar-refractivity contribution is -0.125. The van der Waals surface area contributed by atoms with E-state index < -0.39 is 0 Å². The van der Waals surface area contributed by atoms with Crippen molar-refractivity contribution in [3.8, 4) is 0 Å². The van der Waals surface area contributed by atoms with E-state index in [1.807, 2.05) is 17.9 Å². The van der Waals surface area contributed by atoms with Crippen LogP contribution in [0.5, 0.6) is 0 Å². The Morgan fingerprint density at radius 1 is 1.33 bits per heavy atom. The quantitative estimate of drug-likeness (QED) is 0.940. The van der Waals surface area contributed by atoms with Crippen LogP contribution in [0, 0.1) is 0 Å². The van der Waals surface area contributed by atoms with E-state index in [1.54, 1.807) is 0 Å². The van der Waals surface area contributed by atoms with Gasteiger partial charge in [-0.1, -0.05) is 30.3 Å². The number of nitrogens with one attached hydrogen (secondary N) is 1. The highest BCUT2D eigenvalue weighted by atomic mass is 16.1. The van der Waals surface area contributed by atoms with Gasteiger partial charge >= 0.3 is 0 Å². The maximum Gasteiger partial charge on any atom is 0.220 e. The van der Waals surface area contributed by atoms with E-state index in [2.05, 4.69) is 51.8 Å². The molecule has 0 bridgehead atoms. The zero-order valence-corrected chi connectivity index (χ0v) is 14.1. The van der Waals surface area contributed by atoms with E-state index in [0.717, 1.165) is 32.5 Å². The van der Waals surface area contributed by atoms with Gasteiger partial charge in [-0.3, -0.25) is 14.4 Å². The van der Waals surface area contributed by atoms with Crippen molar-refractivity contribution in [3.05, 3.63) is 53.9 Å². The summed E-state index contributed by atoms with van der Waals surface area (Å²) in [7, 11) is 1.95. The molecule has 0 radical (unpaired) electrons. The lowest BCUT2D eigenvalue weighted by Gasteiger charge is -2.39. The van der Waals surface area contributed by atoms with Gasteiger partial charge in [-0.25, -0.2) is 0 Å².